The molecule has 0 atom stereocenters. The van der Waals surface area contributed by atoms with Gasteiger partial charge in [0.1, 0.15) is 0 Å². The molecule has 0 bridgehead atoms. The van der Waals surface area contributed by atoms with E-state index in [-0.39, 0.29) is 18.1 Å². The molecule has 2 aromatic rings. The molecule has 3 rings (SSSR count). The summed E-state index contributed by atoms with van der Waals surface area (Å²) in [6.45, 7) is 0. The molecule has 0 saturated carbocycles. The number of rotatable bonds is 2. The fraction of sp³-hybridized carbons (Fsp3) is 0.0769. The predicted molar refractivity (Wildman–Crippen MR) is 86.9 cm³/mol. The fourth-order valence-electron chi connectivity index (χ4n) is 2.06. The minimum Gasteiger partial charge on any atom is -0.325 e. The van der Waals surface area contributed by atoms with Crippen LogP contribution in [0.1, 0.15) is 21.5 Å². The first kappa shape index (κ1) is 14.3. The number of halogens is 3. The average molecular weight is 436 g/mol. The van der Waals surface area contributed by atoms with Crippen LogP contribution in [0.25, 0.3) is 0 Å². The molecular formula is C13H6Br2ClNO2S. The maximum Gasteiger partial charge on any atom is 0.228 e. The Morgan fingerprint density at radius 2 is 2.00 bits per heavy atom. The van der Waals surface area contributed by atoms with Crippen molar-refractivity contribution in [2.75, 3.05) is 5.32 Å². The Bertz CT molecular complexity index is 757. The zero-order valence-electron chi connectivity index (χ0n) is 9.80. The Kier molecular flexibility index (Phi) is 3.75. The van der Waals surface area contributed by atoms with Gasteiger partial charge in [-0.3, -0.25) is 9.59 Å². The van der Waals surface area contributed by atoms with Crippen LogP contribution < -0.4 is 5.32 Å². The van der Waals surface area contributed by atoms with Gasteiger partial charge in [-0.25, -0.2) is 0 Å². The summed E-state index contributed by atoms with van der Waals surface area (Å²) in [5.74, 6) is -0.244. The smallest absolute Gasteiger partial charge is 0.228 e. The molecule has 7 heteroatoms. The molecule has 0 unspecified atom stereocenters. The Labute approximate surface area is 140 Å². The highest BCUT2D eigenvalue weighted by atomic mass is 79.9. The summed E-state index contributed by atoms with van der Waals surface area (Å²) in [6.07, 6.45) is 0.279. The lowest BCUT2D eigenvalue weighted by Crippen LogP contribution is -2.03. The van der Waals surface area contributed by atoms with Crippen LogP contribution in [0.4, 0.5) is 5.69 Å². The van der Waals surface area contributed by atoms with Gasteiger partial charge in [0, 0.05) is 16.8 Å². The van der Waals surface area contributed by atoms with E-state index in [0.717, 1.165) is 13.1 Å². The van der Waals surface area contributed by atoms with Crippen molar-refractivity contribution in [1.82, 2.24) is 0 Å². The molecule has 0 aliphatic carbocycles. The van der Waals surface area contributed by atoms with Crippen molar-refractivity contribution >= 4 is 72.2 Å². The number of amides is 1. The third kappa shape index (κ3) is 2.45. The van der Waals surface area contributed by atoms with Crippen molar-refractivity contribution < 1.29 is 9.59 Å². The minimum absolute atomic E-state index is 0.0832. The van der Waals surface area contributed by atoms with E-state index in [1.54, 1.807) is 18.2 Å². The molecule has 1 aromatic heterocycles. The van der Waals surface area contributed by atoms with Crippen molar-refractivity contribution in [2.24, 2.45) is 0 Å². The third-order valence-corrected chi connectivity index (χ3v) is 5.62. The van der Waals surface area contributed by atoms with E-state index >= 15 is 0 Å². The van der Waals surface area contributed by atoms with Crippen molar-refractivity contribution in [3.63, 3.8) is 0 Å². The van der Waals surface area contributed by atoms with Gasteiger partial charge in [0.05, 0.1) is 19.0 Å². The standard InChI is InChI=1S/C13H6Br2ClNO2S/c14-10-3-7(13(15)20-10)12(19)6-1-5-2-11(18)17-9(5)4-8(6)16/h1,3-4H,2H2,(H,17,18). The van der Waals surface area contributed by atoms with E-state index in [9.17, 15) is 9.59 Å². The van der Waals surface area contributed by atoms with E-state index in [0.29, 0.717) is 21.8 Å². The van der Waals surface area contributed by atoms with Crippen LogP contribution in [0.15, 0.2) is 25.8 Å². The van der Waals surface area contributed by atoms with Gasteiger partial charge in [-0.1, -0.05) is 11.6 Å². The lowest BCUT2D eigenvalue weighted by atomic mass is 10.0. The SMILES string of the molecule is O=C1Cc2cc(C(=O)c3cc(Br)sc3Br)c(Cl)cc2N1. The van der Waals surface area contributed by atoms with Gasteiger partial charge in [0.25, 0.3) is 0 Å². The average Bonchev–Trinajstić information content (AvgIpc) is 2.88. The molecule has 1 aromatic carbocycles. The fourth-order valence-corrected chi connectivity index (χ4v) is 5.11. The Hall–Kier alpha value is -0.690. The number of ketones is 1. The third-order valence-electron chi connectivity index (χ3n) is 2.96. The summed E-state index contributed by atoms with van der Waals surface area (Å²) in [5, 5.41) is 3.05. The number of carbonyl (C=O) groups excluding carboxylic acids is 2. The molecule has 2 heterocycles. The number of nitrogens with one attached hydrogen (secondary N) is 1. The van der Waals surface area contributed by atoms with Crippen LogP contribution in [0.3, 0.4) is 0 Å². The van der Waals surface area contributed by atoms with Gasteiger partial charge in [0.15, 0.2) is 5.78 Å². The number of thiophene rings is 1. The second-order valence-electron chi connectivity index (χ2n) is 4.28. The summed E-state index contributed by atoms with van der Waals surface area (Å²) in [4.78, 5) is 23.9. The van der Waals surface area contributed by atoms with Gasteiger partial charge < -0.3 is 5.32 Å². The van der Waals surface area contributed by atoms with E-state index < -0.39 is 0 Å². The molecule has 1 N–H and O–H groups in total. The molecule has 20 heavy (non-hydrogen) atoms. The molecule has 0 spiro atoms. The van der Waals surface area contributed by atoms with Crippen LogP contribution in [0.5, 0.6) is 0 Å². The summed E-state index contributed by atoms with van der Waals surface area (Å²) in [5.41, 5.74) is 2.45. The highest BCUT2D eigenvalue weighted by Crippen LogP contribution is 2.36. The topological polar surface area (TPSA) is 46.2 Å². The number of fused-ring (bicyclic) bond motifs is 1. The number of hydrogen-bond donors (Lipinski definition) is 1. The molecule has 1 aliphatic heterocycles. The Morgan fingerprint density at radius 3 is 2.65 bits per heavy atom. The summed E-state index contributed by atoms with van der Waals surface area (Å²) < 4.78 is 1.61. The van der Waals surface area contributed by atoms with Gasteiger partial charge in [-0.15, -0.1) is 11.3 Å². The monoisotopic (exact) mass is 433 g/mol. The lowest BCUT2D eigenvalue weighted by Gasteiger charge is -2.06. The van der Waals surface area contributed by atoms with Crippen LogP contribution in [-0.4, -0.2) is 11.7 Å². The summed E-state index contributed by atoms with van der Waals surface area (Å²) in [7, 11) is 0. The zero-order valence-corrected chi connectivity index (χ0v) is 14.5. The van der Waals surface area contributed by atoms with E-state index in [1.165, 1.54) is 11.3 Å². The second-order valence-corrected chi connectivity index (χ2v) is 8.44. The molecule has 102 valence electrons. The van der Waals surface area contributed by atoms with Crippen LogP contribution in [-0.2, 0) is 11.2 Å². The second kappa shape index (κ2) is 5.26. The number of benzene rings is 1. The number of carbonyl (C=O) groups is 2. The highest BCUT2D eigenvalue weighted by Gasteiger charge is 2.24. The maximum atomic E-state index is 12.5. The van der Waals surface area contributed by atoms with Crippen molar-refractivity contribution in [3.8, 4) is 0 Å². The molecule has 0 saturated heterocycles. The summed E-state index contributed by atoms with van der Waals surface area (Å²) in [6, 6.07) is 5.07. The first-order valence-electron chi connectivity index (χ1n) is 5.57. The molecule has 1 aliphatic rings. The van der Waals surface area contributed by atoms with E-state index in [1.807, 2.05) is 0 Å². The molecule has 0 fully saturated rings. The number of anilines is 1. The zero-order chi connectivity index (χ0) is 14.4. The van der Waals surface area contributed by atoms with Crippen LogP contribution in [0, 0.1) is 0 Å². The number of hydrogen-bond acceptors (Lipinski definition) is 3. The first-order valence-corrected chi connectivity index (χ1v) is 8.35. The van der Waals surface area contributed by atoms with Crippen LogP contribution in [0.2, 0.25) is 5.02 Å². The molecule has 3 nitrogen and oxygen atoms in total. The van der Waals surface area contributed by atoms with E-state index in [2.05, 4.69) is 37.2 Å². The minimum atomic E-state index is -0.161. The van der Waals surface area contributed by atoms with Crippen LogP contribution >= 0.6 is 54.8 Å². The van der Waals surface area contributed by atoms with Crippen molar-refractivity contribution in [2.45, 2.75) is 6.42 Å². The normalized spacial score (nSPS) is 13.2. The van der Waals surface area contributed by atoms with Crippen molar-refractivity contribution in [3.05, 3.63) is 47.5 Å². The first-order chi connectivity index (χ1) is 9.45. The van der Waals surface area contributed by atoms with Crippen molar-refractivity contribution in [1.29, 1.82) is 0 Å². The Balaban J connectivity index is 2.07. The van der Waals surface area contributed by atoms with E-state index in [4.69, 9.17) is 11.6 Å². The summed E-state index contributed by atoms with van der Waals surface area (Å²) >= 11 is 14.3. The van der Waals surface area contributed by atoms with Gasteiger partial charge in [-0.2, -0.15) is 0 Å². The molecule has 0 radical (unpaired) electrons. The molecular weight excluding hydrogens is 429 g/mol. The quantitative estimate of drug-likeness (QED) is 0.698. The molecule has 1 amide bonds. The predicted octanol–water partition coefficient (Wildman–Crippen LogP) is 4.65. The van der Waals surface area contributed by atoms with Gasteiger partial charge >= 0.3 is 0 Å². The van der Waals surface area contributed by atoms with Gasteiger partial charge in [-0.05, 0) is 55.6 Å². The maximum absolute atomic E-state index is 12.5. The lowest BCUT2D eigenvalue weighted by molar-refractivity contribution is -0.115. The Morgan fingerprint density at radius 1 is 1.25 bits per heavy atom. The highest BCUT2D eigenvalue weighted by molar-refractivity contribution is 9.12. The van der Waals surface area contributed by atoms with Gasteiger partial charge in [0.2, 0.25) is 5.91 Å². The largest absolute Gasteiger partial charge is 0.325 e.